The molecule has 3 aromatic carbocycles. The quantitative estimate of drug-likeness (QED) is 0.516. The SMILES string of the molecule is Cc1cccc(NS(=O)(=O)c2ccc(C)c(C(=O)NCCN(C)Cc3ccccc3)c2)c1. The molecule has 0 radical (unpaired) electrons. The Hall–Kier alpha value is -3.16. The van der Waals surface area contributed by atoms with Crippen LogP contribution < -0.4 is 10.0 Å². The van der Waals surface area contributed by atoms with E-state index in [2.05, 4.69) is 27.1 Å². The third-order valence-electron chi connectivity index (χ3n) is 5.11. The van der Waals surface area contributed by atoms with E-state index in [0.717, 1.165) is 17.7 Å². The fraction of sp³-hybridized carbons (Fsp3) is 0.240. The van der Waals surface area contributed by atoms with Crippen LogP contribution >= 0.6 is 0 Å². The van der Waals surface area contributed by atoms with Crippen LogP contribution in [0.15, 0.2) is 77.7 Å². The summed E-state index contributed by atoms with van der Waals surface area (Å²) in [5.41, 5.74) is 3.71. The van der Waals surface area contributed by atoms with Crippen molar-refractivity contribution < 1.29 is 13.2 Å². The van der Waals surface area contributed by atoms with E-state index >= 15 is 0 Å². The lowest BCUT2D eigenvalue weighted by Crippen LogP contribution is -2.33. The molecule has 0 aliphatic carbocycles. The van der Waals surface area contributed by atoms with Crippen molar-refractivity contribution in [2.75, 3.05) is 24.9 Å². The van der Waals surface area contributed by atoms with Crippen molar-refractivity contribution in [3.05, 3.63) is 95.1 Å². The van der Waals surface area contributed by atoms with Crippen molar-refractivity contribution in [2.45, 2.75) is 25.3 Å². The number of rotatable bonds is 9. The smallest absolute Gasteiger partial charge is 0.261 e. The molecule has 0 spiro atoms. The zero-order chi connectivity index (χ0) is 23.1. The first-order valence-electron chi connectivity index (χ1n) is 10.5. The van der Waals surface area contributed by atoms with Crippen LogP contribution in [-0.2, 0) is 16.6 Å². The normalized spacial score (nSPS) is 11.4. The van der Waals surface area contributed by atoms with Gasteiger partial charge in [-0.15, -0.1) is 0 Å². The second-order valence-electron chi connectivity index (χ2n) is 7.93. The summed E-state index contributed by atoms with van der Waals surface area (Å²) in [7, 11) is -1.82. The first-order chi connectivity index (χ1) is 15.2. The van der Waals surface area contributed by atoms with Crippen molar-refractivity contribution in [2.24, 2.45) is 0 Å². The van der Waals surface area contributed by atoms with Gasteiger partial charge in [0.05, 0.1) is 4.90 Å². The molecule has 3 rings (SSSR count). The van der Waals surface area contributed by atoms with E-state index in [4.69, 9.17) is 0 Å². The van der Waals surface area contributed by atoms with Gasteiger partial charge >= 0.3 is 0 Å². The minimum atomic E-state index is -3.81. The Morgan fingerprint density at radius 1 is 0.938 bits per heavy atom. The molecule has 0 saturated heterocycles. The molecule has 0 aromatic heterocycles. The number of nitrogens with zero attached hydrogens (tertiary/aromatic N) is 1. The van der Waals surface area contributed by atoms with Gasteiger partial charge in [0.25, 0.3) is 15.9 Å². The van der Waals surface area contributed by atoms with E-state index in [0.29, 0.717) is 24.3 Å². The van der Waals surface area contributed by atoms with E-state index in [1.165, 1.54) is 17.7 Å². The number of hydrogen-bond acceptors (Lipinski definition) is 4. The monoisotopic (exact) mass is 451 g/mol. The molecular formula is C25H29N3O3S. The zero-order valence-corrected chi connectivity index (χ0v) is 19.4. The van der Waals surface area contributed by atoms with E-state index < -0.39 is 10.0 Å². The van der Waals surface area contributed by atoms with Gasteiger partial charge in [0.15, 0.2) is 0 Å². The number of amides is 1. The zero-order valence-electron chi connectivity index (χ0n) is 18.6. The number of carbonyl (C=O) groups is 1. The average molecular weight is 452 g/mol. The highest BCUT2D eigenvalue weighted by molar-refractivity contribution is 7.92. The number of nitrogens with one attached hydrogen (secondary N) is 2. The lowest BCUT2D eigenvalue weighted by atomic mass is 10.1. The number of likely N-dealkylation sites (N-methyl/N-ethyl adjacent to an activating group) is 1. The Morgan fingerprint density at radius 3 is 2.41 bits per heavy atom. The summed E-state index contributed by atoms with van der Waals surface area (Å²) in [6, 6.07) is 21.8. The molecule has 0 heterocycles. The number of aryl methyl sites for hydroxylation is 2. The lowest BCUT2D eigenvalue weighted by molar-refractivity contribution is 0.0949. The molecule has 0 saturated carbocycles. The molecule has 0 aliphatic heterocycles. The maximum absolute atomic E-state index is 12.8. The second kappa shape index (κ2) is 10.4. The fourth-order valence-electron chi connectivity index (χ4n) is 3.37. The Morgan fingerprint density at radius 2 is 1.69 bits per heavy atom. The van der Waals surface area contributed by atoms with E-state index in [9.17, 15) is 13.2 Å². The summed E-state index contributed by atoms with van der Waals surface area (Å²) in [6.45, 7) is 5.60. The van der Waals surface area contributed by atoms with Gasteiger partial charge in [-0.3, -0.25) is 9.52 Å². The molecule has 0 aliphatic rings. The number of hydrogen-bond donors (Lipinski definition) is 2. The molecule has 6 nitrogen and oxygen atoms in total. The van der Waals surface area contributed by atoms with Crippen molar-refractivity contribution in [3.63, 3.8) is 0 Å². The molecule has 0 fully saturated rings. The second-order valence-corrected chi connectivity index (χ2v) is 9.61. The van der Waals surface area contributed by atoms with Crippen LogP contribution in [0.4, 0.5) is 5.69 Å². The molecule has 32 heavy (non-hydrogen) atoms. The minimum Gasteiger partial charge on any atom is -0.351 e. The summed E-state index contributed by atoms with van der Waals surface area (Å²) in [5.74, 6) is -0.289. The lowest BCUT2D eigenvalue weighted by Gasteiger charge is -2.17. The highest BCUT2D eigenvalue weighted by Gasteiger charge is 2.18. The van der Waals surface area contributed by atoms with Crippen molar-refractivity contribution >= 4 is 21.6 Å². The molecule has 1 amide bonds. The minimum absolute atomic E-state index is 0.0518. The maximum Gasteiger partial charge on any atom is 0.261 e. The Bertz CT molecular complexity index is 1180. The summed E-state index contributed by atoms with van der Waals surface area (Å²) in [5, 5.41) is 2.90. The van der Waals surface area contributed by atoms with Crippen molar-refractivity contribution in [1.82, 2.24) is 10.2 Å². The first-order valence-corrected chi connectivity index (χ1v) is 11.9. The highest BCUT2D eigenvalue weighted by Crippen LogP contribution is 2.20. The summed E-state index contributed by atoms with van der Waals surface area (Å²) >= 11 is 0. The van der Waals surface area contributed by atoms with E-state index in [1.54, 1.807) is 31.2 Å². The molecule has 0 bridgehead atoms. The number of sulfonamides is 1. The van der Waals surface area contributed by atoms with Gasteiger partial charge in [-0.25, -0.2) is 8.42 Å². The third-order valence-corrected chi connectivity index (χ3v) is 6.49. The summed E-state index contributed by atoms with van der Waals surface area (Å²) in [6.07, 6.45) is 0. The van der Waals surface area contributed by atoms with Gasteiger partial charge in [-0.1, -0.05) is 48.5 Å². The summed E-state index contributed by atoms with van der Waals surface area (Å²) < 4.78 is 28.2. The van der Waals surface area contributed by atoms with Gasteiger partial charge in [0, 0.05) is 30.9 Å². The topological polar surface area (TPSA) is 78.5 Å². The number of benzene rings is 3. The van der Waals surface area contributed by atoms with Crippen LogP contribution in [0.3, 0.4) is 0 Å². The molecule has 0 unspecified atom stereocenters. The molecule has 3 aromatic rings. The van der Waals surface area contributed by atoms with Crippen LogP contribution in [-0.4, -0.2) is 39.4 Å². The number of anilines is 1. The average Bonchev–Trinajstić information content (AvgIpc) is 2.74. The standard InChI is InChI=1S/C25H29N3O3S/c1-19-8-7-11-22(16-19)27-32(30,31)23-13-12-20(2)24(17-23)25(29)26-14-15-28(3)18-21-9-5-4-6-10-21/h4-13,16-17,27H,14-15,18H2,1-3H3,(H,26,29). The molecule has 168 valence electrons. The van der Waals surface area contributed by atoms with Crippen LogP contribution in [0.2, 0.25) is 0 Å². The van der Waals surface area contributed by atoms with Gasteiger partial charge in [-0.2, -0.15) is 0 Å². The van der Waals surface area contributed by atoms with Crippen LogP contribution in [0.1, 0.15) is 27.0 Å². The van der Waals surface area contributed by atoms with Gasteiger partial charge in [0.1, 0.15) is 0 Å². The maximum atomic E-state index is 12.8. The van der Waals surface area contributed by atoms with Crippen molar-refractivity contribution in [1.29, 1.82) is 0 Å². The van der Waals surface area contributed by atoms with E-state index in [-0.39, 0.29) is 10.8 Å². The Labute approximate surface area is 190 Å². The molecule has 7 heteroatoms. The number of carbonyl (C=O) groups excluding carboxylic acids is 1. The highest BCUT2D eigenvalue weighted by atomic mass is 32.2. The summed E-state index contributed by atoms with van der Waals surface area (Å²) in [4.78, 5) is 14.9. The molecule has 0 atom stereocenters. The largest absolute Gasteiger partial charge is 0.351 e. The first kappa shape index (κ1) is 23.5. The molecular weight excluding hydrogens is 422 g/mol. The van der Waals surface area contributed by atoms with Crippen LogP contribution in [0.25, 0.3) is 0 Å². The fourth-order valence-corrected chi connectivity index (χ4v) is 4.44. The molecule has 2 N–H and O–H groups in total. The predicted octanol–water partition coefficient (Wildman–Crippen LogP) is 3.97. The Balaban J connectivity index is 1.63. The predicted molar refractivity (Wildman–Crippen MR) is 128 cm³/mol. The Kier molecular flexibility index (Phi) is 7.66. The van der Waals surface area contributed by atoms with Crippen LogP contribution in [0.5, 0.6) is 0 Å². The van der Waals surface area contributed by atoms with Crippen molar-refractivity contribution in [3.8, 4) is 0 Å². The van der Waals surface area contributed by atoms with Gasteiger partial charge in [-0.05, 0) is 61.9 Å². The van der Waals surface area contributed by atoms with Crippen LogP contribution in [0, 0.1) is 13.8 Å². The van der Waals surface area contributed by atoms with E-state index in [1.807, 2.05) is 38.2 Å². The van der Waals surface area contributed by atoms with Gasteiger partial charge in [0.2, 0.25) is 0 Å². The third kappa shape index (κ3) is 6.42. The van der Waals surface area contributed by atoms with Gasteiger partial charge < -0.3 is 10.2 Å².